The Balaban J connectivity index is 1.41. The van der Waals surface area contributed by atoms with Crippen molar-refractivity contribution in [3.8, 4) is 0 Å². The largest absolute Gasteiger partial charge is 0.341 e. The molecule has 1 amide bonds. The zero-order valence-corrected chi connectivity index (χ0v) is 16.2. The van der Waals surface area contributed by atoms with Crippen molar-refractivity contribution in [2.24, 2.45) is 0 Å². The first-order valence-electron chi connectivity index (χ1n) is 9.57. The molecule has 0 unspecified atom stereocenters. The molecule has 1 N–H and O–H groups in total. The molecule has 28 heavy (non-hydrogen) atoms. The van der Waals surface area contributed by atoms with Gasteiger partial charge >= 0.3 is 0 Å². The highest BCUT2D eigenvalue weighted by Gasteiger charge is 2.33. The number of hydrogen-bond donors (Lipinski definition) is 1. The van der Waals surface area contributed by atoms with E-state index in [9.17, 15) is 13.2 Å². The number of carbonyl (C=O) groups is 1. The van der Waals surface area contributed by atoms with Crippen LogP contribution >= 0.6 is 0 Å². The van der Waals surface area contributed by atoms with Gasteiger partial charge in [-0.25, -0.2) is 18.4 Å². The summed E-state index contributed by atoms with van der Waals surface area (Å²) in [5, 5.41) is 0. The summed E-state index contributed by atoms with van der Waals surface area (Å²) >= 11 is 0. The fraction of sp³-hybridized carbons (Fsp3) is 0.421. The third-order valence-corrected chi connectivity index (χ3v) is 6.98. The van der Waals surface area contributed by atoms with E-state index >= 15 is 0 Å². The van der Waals surface area contributed by atoms with Crippen LogP contribution in [-0.2, 0) is 27.7 Å². The molecule has 4 heterocycles. The van der Waals surface area contributed by atoms with Crippen LogP contribution < -0.4 is 14.5 Å². The predicted molar refractivity (Wildman–Crippen MR) is 105 cm³/mol. The van der Waals surface area contributed by atoms with Gasteiger partial charge in [0.25, 0.3) is 10.0 Å². The molecule has 146 valence electrons. The van der Waals surface area contributed by atoms with Crippen LogP contribution in [0, 0.1) is 0 Å². The Kier molecular flexibility index (Phi) is 4.01. The summed E-state index contributed by atoms with van der Waals surface area (Å²) in [5.74, 6) is 0.752. The molecule has 2 aromatic rings. The van der Waals surface area contributed by atoms with Gasteiger partial charge in [-0.15, -0.1) is 0 Å². The van der Waals surface area contributed by atoms with Crippen LogP contribution in [0.3, 0.4) is 0 Å². The van der Waals surface area contributed by atoms with Crippen molar-refractivity contribution < 1.29 is 13.2 Å². The van der Waals surface area contributed by atoms with Gasteiger partial charge in [0.2, 0.25) is 11.9 Å². The standard InChI is InChI=1S/C19H21N5O3S/c25-17-4-3-13-9-16(10-14-5-8-24(17)18(13)14)28(26,27)22-15-11-20-19(21-12-15)23-6-1-2-7-23/h9-12,22H,1-8H2. The van der Waals surface area contributed by atoms with Gasteiger partial charge in [-0.1, -0.05) is 0 Å². The number of sulfonamides is 1. The predicted octanol–water partition coefficient (Wildman–Crippen LogP) is 1.71. The first kappa shape index (κ1) is 17.4. The monoisotopic (exact) mass is 399 g/mol. The molecule has 5 rings (SSSR count). The maximum Gasteiger partial charge on any atom is 0.262 e. The molecule has 1 aromatic carbocycles. The second-order valence-electron chi connectivity index (χ2n) is 7.46. The highest BCUT2D eigenvalue weighted by atomic mass is 32.2. The van der Waals surface area contributed by atoms with Crippen LogP contribution in [0.2, 0.25) is 0 Å². The summed E-state index contributed by atoms with van der Waals surface area (Å²) in [6.07, 6.45) is 6.96. The molecule has 1 saturated heterocycles. The Labute approximate surface area is 163 Å². The van der Waals surface area contributed by atoms with E-state index in [1.54, 1.807) is 17.0 Å². The van der Waals surface area contributed by atoms with E-state index in [-0.39, 0.29) is 10.8 Å². The van der Waals surface area contributed by atoms with E-state index in [4.69, 9.17) is 0 Å². The van der Waals surface area contributed by atoms with E-state index in [2.05, 4.69) is 19.6 Å². The van der Waals surface area contributed by atoms with Crippen molar-refractivity contribution in [2.45, 2.75) is 37.0 Å². The first-order valence-corrected chi connectivity index (χ1v) is 11.1. The van der Waals surface area contributed by atoms with Crippen molar-refractivity contribution in [1.82, 2.24) is 9.97 Å². The van der Waals surface area contributed by atoms with Crippen LogP contribution in [0.4, 0.5) is 17.3 Å². The highest BCUT2D eigenvalue weighted by Crippen LogP contribution is 2.38. The lowest BCUT2D eigenvalue weighted by atomic mass is 10.00. The van der Waals surface area contributed by atoms with Crippen molar-refractivity contribution in [1.29, 1.82) is 0 Å². The molecule has 1 aromatic heterocycles. The SMILES string of the molecule is O=C1CCc2cc(S(=O)(=O)Nc3cnc(N4CCCC4)nc3)cc3c2N1CC3. The first-order chi connectivity index (χ1) is 13.5. The van der Waals surface area contributed by atoms with Gasteiger partial charge in [0, 0.05) is 26.1 Å². The number of amides is 1. The fourth-order valence-electron chi connectivity index (χ4n) is 4.25. The molecular weight excluding hydrogens is 378 g/mol. The van der Waals surface area contributed by atoms with Crippen LogP contribution in [0.15, 0.2) is 29.4 Å². The van der Waals surface area contributed by atoms with Gasteiger partial charge < -0.3 is 9.80 Å². The second-order valence-corrected chi connectivity index (χ2v) is 9.14. The Morgan fingerprint density at radius 2 is 1.61 bits per heavy atom. The molecule has 0 spiro atoms. The highest BCUT2D eigenvalue weighted by molar-refractivity contribution is 7.92. The zero-order chi connectivity index (χ0) is 19.3. The average molecular weight is 399 g/mol. The minimum Gasteiger partial charge on any atom is -0.341 e. The van der Waals surface area contributed by atoms with E-state index in [1.807, 2.05) is 0 Å². The summed E-state index contributed by atoms with van der Waals surface area (Å²) in [5.41, 5.74) is 3.10. The number of aryl methyl sites for hydroxylation is 1. The molecular formula is C19H21N5O3S. The molecule has 0 saturated carbocycles. The number of nitrogens with one attached hydrogen (secondary N) is 1. The minimum absolute atomic E-state index is 0.121. The lowest BCUT2D eigenvalue weighted by molar-refractivity contribution is -0.118. The zero-order valence-electron chi connectivity index (χ0n) is 15.4. The normalized spacial score (nSPS) is 18.5. The van der Waals surface area contributed by atoms with Gasteiger partial charge in [-0.05, 0) is 48.9 Å². The van der Waals surface area contributed by atoms with Gasteiger partial charge in [0.1, 0.15) is 0 Å². The van der Waals surface area contributed by atoms with Gasteiger partial charge in [-0.3, -0.25) is 9.52 Å². The lowest BCUT2D eigenvalue weighted by Crippen LogP contribution is -2.33. The molecule has 0 atom stereocenters. The molecule has 3 aliphatic heterocycles. The fourth-order valence-corrected chi connectivity index (χ4v) is 5.38. The lowest BCUT2D eigenvalue weighted by Gasteiger charge is -2.25. The average Bonchev–Trinajstić information content (AvgIpc) is 3.36. The minimum atomic E-state index is -3.75. The topological polar surface area (TPSA) is 95.5 Å². The molecule has 0 radical (unpaired) electrons. The van der Waals surface area contributed by atoms with Crippen molar-refractivity contribution in [3.63, 3.8) is 0 Å². The summed E-state index contributed by atoms with van der Waals surface area (Å²) in [6.45, 7) is 2.49. The Hall–Kier alpha value is -2.68. The van der Waals surface area contributed by atoms with Crippen LogP contribution in [0.25, 0.3) is 0 Å². The molecule has 3 aliphatic rings. The number of anilines is 3. The Bertz CT molecular complexity index is 1050. The number of rotatable bonds is 4. The van der Waals surface area contributed by atoms with E-state index in [1.165, 1.54) is 12.4 Å². The van der Waals surface area contributed by atoms with Crippen LogP contribution in [0.1, 0.15) is 30.4 Å². The van der Waals surface area contributed by atoms with E-state index in [0.717, 1.165) is 42.7 Å². The summed E-state index contributed by atoms with van der Waals surface area (Å²) in [7, 11) is -3.75. The summed E-state index contributed by atoms with van der Waals surface area (Å²) in [6, 6.07) is 3.37. The number of carbonyl (C=O) groups excluding carboxylic acids is 1. The third kappa shape index (κ3) is 2.90. The van der Waals surface area contributed by atoms with Crippen LogP contribution in [-0.4, -0.2) is 43.9 Å². The number of aromatic nitrogens is 2. The Morgan fingerprint density at radius 1 is 0.929 bits per heavy atom. The van der Waals surface area contributed by atoms with Gasteiger partial charge in [0.15, 0.2) is 0 Å². The quantitative estimate of drug-likeness (QED) is 0.841. The van der Waals surface area contributed by atoms with Crippen molar-refractivity contribution in [2.75, 3.05) is 34.2 Å². The molecule has 8 nitrogen and oxygen atoms in total. The second kappa shape index (κ2) is 6.44. The smallest absolute Gasteiger partial charge is 0.262 e. The van der Waals surface area contributed by atoms with Gasteiger partial charge in [0.05, 0.1) is 28.7 Å². The Morgan fingerprint density at radius 3 is 2.32 bits per heavy atom. The number of benzene rings is 1. The summed E-state index contributed by atoms with van der Waals surface area (Å²) in [4.78, 5) is 24.7. The van der Waals surface area contributed by atoms with E-state index in [0.29, 0.717) is 37.4 Å². The molecule has 1 fully saturated rings. The van der Waals surface area contributed by atoms with E-state index < -0.39 is 10.0 Å². The number of nitrogens with zero attached hydrogens (tertiary/aromatic N) is 4. The summed E-state index contributed by atoms with van der Waals surface area (Å²) < 4.78 is 28.4. The number of hydrogen-bond acceptors (Lipinski definition) is 6. The molecule has 0 bridgehead atoms. The third-order valence-electron chi connectivity index (χ3n) is 5.61. The van der Waals surface area contributed by atoms with Gasteiger partial charge in [-0.2, -0.15) is 0 Å². The van der Waals surface area contributed by atoms with Crippen molar-refractivity contribution in [3.05, 3.63) is 35.7 Å². The van der Waals surface area contributed by atoms with Crippen LogP contribution in [0.5, 0.6) is 0 Å². The molecule has 0 aliphatic carbocycles. The maximum atomic E-state index is 12.9. The maximum absolute atomic E-state index is 12.9. The molecule has 9 heteroatoms. The van der Waals surface area contributed by atoms with Crippen molar-refractivity contribution >= 4 is 33.3 Å².